The van der Waals surface area contributed by atoms with E-state index < -0.39 is 0 Å². The maximum absolute atomic E-state index is 5.65. The molecule has 1 heterocycles. The van der Waals surface area contributed by atoms with Crippen LogP contribution in [0.1, 0.15) is 32.6 Å². The number of halogens is 1. The maximum atomic E-state index is 5.65. The van der Waals surface area contributed by atoms with Gasteiger partial charge in [-0.2, -0.15) is 11.8 Å². The highest BCUT2D eigenvalue weighted by Crippen LogP contribution is 2.37. The number of rotatable bonds is 6. The van der Waals surface area contributed by atoms with E-state index in [1.54, 1.807) is 0 Å². The zero-order chi connectivity index (χ0) is 8.10. The van der Waals surface area contributed by atoms with E-state index in [-0.39, 0.29) is 0 Å². The highest BCUT2D eigenvalue weighted by atomic mass is 35.5. The van der Waals surface area contributed by atoms with E-state index in [0.29, 0.717) is 0 Å². The van der Waals surface area contributed by atoms with Gasteiger partial charge in [-0.05, 0) is 25.2 Å². The number of hydrogen-bond donors (Lipinski definition) is 0. The molecule has 1 aliphatic heterocycles. The molecule has 2 heteroatoms. The third-order valence-electron chi connectivity index (χ3n) is 2.32. The molecule has 0 radical (unpaired) electrons. The Morgan fingerprint density at radius 2 is 2.36 bits per heavy atom. The summed E-state index contributed by atoms with van der Waals surface area (Å²) in [5.41, 5.74) is 0. The molecule has 0 aromatic carbocycles. The average Bonchev–Trinajstić information content (AvgIpc) is 2.81. The fourth-order valence-corrected chi connectivity index (χ4v) is 2.27. The fraction of sp³-hybridized carbons (Fsp3) is 1.00. The molecule has 1 rings (SSSR count). The van der Waals surface area contributed by atoms with Gasteiger partial charge in [0, 0.05) is 16.9 Å². The largest absolute Gasteiger partial charge is 0.157 e. The lowest BCUT2D eigenvalue weighted by Gasteiger charge is -2.11. The molecular formula is C9H17ClS. The lowest BCUT2D eigenvalue weighted by molar-refractivity contribution is 0.441. The Morgan fingerprint density at radius 3 is 2.82 bits per heavy atom. The molecule has 0 saturated carbocycles. The zero-order valence-electron chi connectivity index (χ0n) is 7.18. The number of hydrogen-bond acceptors (Lipinski definition) is 1. The van der Waals surface area contributed by atoms with Gasteiger partial charge in [0.2, 0.25) is 0 Å². The molecule has 0 aromatic heterocycles. The van der Waals surface area contributed by atoms with Crippen LogP contribution >= 0.6 is 23.4 Å². The van der Waals surface area contributed by atoms with E-state index in [4.69, 9.17) is 11.6 Å². The van der Waals surface area contributed by atoms with Gasteiger partial charge in [-0.3, -0.25) is 0 Å². The minimum atomic E-state index is 0.842. The monoisotopic (exact) mass is 192 g/mol. The van der Waals surface area contributed by atoms with Gasteiger partial charge in [0.05, 0.1) is 0 Å². The Balaban J connectivity index is 2.02. The minimum absolute atomic E-state index is 0.842. The average molecular weight is 193 g/mol. The predicted octanol–water partition coefficient (Wildman–Crippen LogP) is 3.54. The van der Waals surface area contributed by atoms with Gasteiger partial charge >= 0.3 is 0 Å². The van der Waals surface area contributed by atoms with Crippen molar-refractivity contribution in [3.63, 3.8) is 0 Å². The molecule has 0 spiro atoms. The molecule has 0 amide bonds. The molecule has 1 saturated heterocycles. The van der Waals surface area contributed by atoms with E-state index >= 15 is 0 Å². The van der Waals surface area contributed by atoms with Gasteiger partial charge in [-0.15, -0.1) is 11.6 Å². The Labute approximate surface area is 79.1 Å². The highest BCUT2D eigenvalue weighted by Gasteiger charge is 2.25. The van der Waals surface area contributed by atoms with Crippen molar-refractivity contribution < 1.29 is 0 Å². The van der Waals surface area contributed by atoms with E-state index in [0.717, 1.165) is 17.0 Å². The quantitative estimate of drug-likeness (QED) is 0.458. The summed E-state index contributed by atoms with van der Waals surface area (Å²) in [6.45, 7) is 2.30. The van der Waals surface area contributed by atoms with Crippen molar-refractivity contribution in [2.24, 2.45) is 5.92 Å². The van der Waals surface area contributed by atoms with Gasteiger partial charge in [-0.25, -0.2) is 0 Å². The number of alkyl halides is 1. The van der Waals surface area contributed by atoms with Gasteiger partial charge in [0.1, 0.15) is 0 Å². The smallest absolute Gasteiger partial charge is 0.0223 e. The van der Waals surface area contributed by atoms with Crippen molar-refractivity contribution in [2.75, 3.05) is 11.6 Å². The van der Waals surface area contributed by atoms with Crippen LogP contribution in [0.15, 0.2) is 0 Å². The summed E-state index contributed by atoms with van der Waals surface area (Å²) in [5.74, 6) is 3.21. The van der Waals surface area contributed by atoms with Crippen LogP contribution in [0.2, 0.25) is 0 Å². The van der Waals surface area contributed by atoms with E-state index in [1.807, 2.05) is 0 Å². The van der Waals surface area contributed by atoms with Crippen molar-refractivity contribution in [3.05, 3.63) is 0 Å². The van der Waals surface area contributed by atoms with Crippen LogP contribution in [0.5, 0.6) is 0 Å². The highest BCUT2D eigenvalue weighted by molar-refractivity contribution is 8.06. The van der Waals surface area contributed by atoms with Crippen LogP contribution in [0.4, 0.5) is 0 Å². The van der Waals surface area contributed by atoms with Gasteiger partial charge in [0.15, 0.2) is 0 Å². The summed E-state index contributed by atoms with van der Waals surface area (Å²) in [4.78, 5) is 0. The molecule has 0 aromatic rings. The van der Waals surface area contributed by atoms with Crippen molar-refractivity contribution in [3.8, 4) is 0 Å². The minimum Gasteiger partial charge on any atom is -0.157 e. The van der Waals surface area contributed by atoms with E-state index in [9.17, 15) is 0 Å². The second-order valence-electron chi connectivity index (χ2n) is 3.30. The van der Waals surface area contributed by atoms with Gasteiger partial charge in [0.25, 0.3) is 0 Å². The summed E-state index contributed by atoms with van der Waals surface area (Å²) >= 11 is 7.76. The summed E-state index contributed by atoms with van der Waals surface area (Å²) in [6.07, 6.45) is 5.33. The lowest BCUT2D eigenvalue weighted by atomic mass is 9.96. The van der Waals surface area contributed by atoms with Crippen LogP contribution in [0.3, 0.4) is 0 Å². The topological polar surface area (TPSA) is 0 Å². The third kappa shape index (κ3) is 4.27. The van der Waals surface area contributed by atoms with Crippen LogP contribution in [0.25, 0.3) is 0 Å². The molecule has 2 atom stereocenters. The second-order valence-corrected chi connectivity index (χ2v) is 5.01. The van der Waals surface area contributed by atoms with Crippen LogP contribution < -0.4 is 0 Å². The molecule has 0 bridgehead atoms. The van der Waals surface area contributed by atoms with Crippen molar-refractivity contribution in [2.45, 2.75) is 37.9 Å². The first kappa shape index (κ1) is 9.73. The molecule has 1 fully saturated rings. The molecule has 2 unspecified atom stereocenters. The normalized spacial score (nSPS) is 25.1. The molecule has 0 nitrogen and oxygen atoms in total. The third-order valence-corrected chi connectivity index (χ3v) is 3.59. The Morgan fingerprint density at radius 1 is 1.64 bits per heavy atom. The Kier molecular flexibility index (Phi) is 4.70. The van der Waals surface area contributed by atoms with Crippen molar-refractivity contribution in [1.82, 2.24) is 0 Å². The first-order valence-corrected chi connectivity index (χ1v) is 6.12. The second kappa shape index (κ2) is 5.31. The standard InChI is InChI=1S/C9H17ClS/c1-2-8(4-3-5-10)6-9-7-11-9/h8-9H,2-7H2,1H3. The first-order chi connectivity index (χ1) is 5.36. The van der Waals surface area contributed by atoms with E-state index in [2.05, 4.69) is 18.7 Å². The van der Waals surface area contributed by atoms with E-state index in [1.165, 1.54) is 31.4 Å². The molecule has 0 aliphatic carbocycles. The van der Waals surface area contributed by atoms with Gasteiger partial charge < -0.3 is 0 Å². The number of thioether (sulfide) groups is 1. The zero-order valence-corrected chi connectivity index (χ0v) is 8.76. The molecule has 1 aliphatic rings. The van der Waals surface area contributed by atoms with Crippen molar-refractivity contribution in [1.29, 1.82) is 0 Å². The van der Waals surface area contributed by atoms with Gasteiger partial charge in [-0.1, -0.05) is 13.3 Å². The summed E-state index contributed by atoms with van der Waals surface area (Å²) < 4.78 is 0. The first-order valence-electron chi connectivity index (χ1n) is 4.54. The van der Waals surface area contributed by atoms with Crippen LogP contribution in [-0.4, -0.2) is 16.9 Å². The van der Waals surface area contributed by atoms with Crippen LogP contribution in [0, 0.1) is 5.92 Å². The molecule has 0 N–H and O–H groups in total. The summed E-state index contributed by atoms with van der Waals surface area (Å²) in [5, 5.41) is 1.01. The van der Waals surface area contributed by atoms with Crippen LogP contribution in [-0.2, 0) is 0 Å². The Hall–Kier alpha value is 0.640. The SMILES string of the molecule is CCC(CCCCl)CC1CS1. The predicted molar refractivity (Wildman–Crippen MR) is 54.6 cm³/mol. The maximum Gasteiger partial charge on any atom is 0.0223 e. The Bertz CT molecular complexity index is 102. The molecule has 66 valence electrons. The lowest BCUT2D eigenvalue weighted by Crippen LogP contribution is -2.02. The fourth-order valence-electron chi connectivity index (χ4n) is 1.43. The summed E-state index contributed by atoms with van der Waals surface area (Å²) in [7, 11) is 0. The summed E-state index contributed by atoms with van der Waals surface area (Å²) in [6, 6.07) is 0. The molecule has 11 heavy (non-hydrogen) atoms. The van der Waals surface area contributed by atoms with Crippen molar-refractivity contribution >= 4 is 23.4 Å². The molecular weight excluding hydrogens is 176 g/mol.